The van der Waals surface area contributed by atoms with Crippen LogP contribution in [0, 0.1) is 11.3 Å². The molecule has 1 aliphatic carbocycles. The number of aromatic amines is 1. The molecule has 1 aromatic rings. The largest absolute Gasteiger partial charge is 0.348 e. The lowest BCUT2D eigenvalue weighted by atomic mass is 9.67. The number of hydrogen-bond donors (Lipinski definition) is 1. The quantitative estimate of drug-likeness (QED) is 0.783. The van der Waals surface area contributed by atoms with Crippen LogP contribution in [0.1, 0.15) is 32.5 Å². The highest BCUT2D eigenvalue weighted by Crippen LogP contribution is 2.44. The van der Waals surface area contributed by atoms with E-state index in [9.17, 15) is 0 Å². The Labute approximate surface area is 91.1 Å². The summed E-state index contributed by atoms with van der Waals surface area (Å²) < 4.78 is 0. The third-order valence-corrected chi connectivity index (χ3v) is 3.60. The van der Waals surface area contributed by atoms with Crippen molar-refractivity contribution in [2.75, 3.05) is 0 Å². The van der Waals surface area contributed by atoms with Crippen molar-refractivity contribution >= 4 is 0 Å². The highest BCUT2D eigenvalue weighted by Gasteiger charge is 2.36. The van der Waals surface area contributed by atoms with Gasteiger partial charge in [-0.1, -0.05) is 45.1 Å². The minimum Gasteiger partial charge on any atom is -0.348 e. The summed E-state index contributed by atoms with van der Waals surface area (Å²) in [7, 11) is 0. The van der Waals surface area contributed by atoms with Gasteiger partial charge in [-0.3, -0.25) is 0 Å². The maximum Gasteiger partial charge on any atom is 0.113 e. The highest BCUT2D eigenvalue weighted by atomic mass is 14.9. The first-order valence-electron chi connectivity index (χ1n) is 5.50. The normalized spacial score (nSPS) is 30.0. The first-order valence-corrected chi connectivity index (χ1v) is 5.50. The maximum atomic E-state index is 4.38. The lowest BCUT2D eigenvalue weighted by molar-refractivity contribution is 0.257. The van der Waals surface area contributed by atoms with E-state index in [0.29, 0.717) is 11.8 Å². The molecule has 80 valence electrons. The third kappa shape index (κ3) is 1.65. The zero-order valence-corrected chi connectivity index (χ0v) is 9.57. The van der Waals surface area contributed by atoms with E-state index < -0.39 is 0 Å². The number of imidazole rings is 1. The summed E-state index contributed by atoms with van der Waals surface area (Å²) in [6.07, 6.45) is 12.5. The van der Waals surface area contributed by atoms with Crippen LogP contribution in [-0.4, -0.2) is 9.97 Å². The minimum absolute atomic E-state index is 0.159. The van der Waals surface area contributed by atoms with Crippen LogP contribution in [0.2, 0.25) is 0 Å². The van der Waals surface area contributed by atoms with Crippen LogP contribution in [0.25, 0.3) is 0 Å². The van der Waals surface area contributed by atoms with Gasteiger partial charge in [0.05, 0.1) is 0 Å². The topological polar surface area (TPSA) is 28.7 Å². The van der Waals surface area contributed by atoms with E-state index >= 15 is 0 Å². The van der Waals surface area contributed by atoms with Crippen molar-refractivity contribution in [3.05, 3.63) is 42.5 Å². The van der Waals surface area contributed by atoms with Gasteiger partial charge in [-0.15, -0.1) is 0 Å². The number of rotatable bonds is 2. The molecule has 0 aliphatic heterocycles. The van der Waals surface area contributed by atoms with Gasteiger partial charge >= 0.3 is 0 Å². The predicted molar refractivity (Wildman–Crippen MR) is 62.6 cm³/mol. The summed E-state index contributed by atoms with van der Waals surface area (Å²) in [6, 6.07) is 0. The number of allylic oxidation sites excluding steroid dienone is 4. The zero-order chi connectivity index (χ0) is 10.9. The Bertz CT molecular complexity index is 373. The van der Waals surface area contributed by atoms with Gasteiger partial charge in [0.25, 0.3) is 0 Å². The van der Waals surface area contributed by atoms with Gasteiger partial charge < -0.3 is 4.98 Å². The minimum atomic E-state index is 0.159. The molecule has 2 nitrogen and oxygen atoms in total. The van der Waals surface area contributed by atoms with Gasteiger partial charge in [-0.05, 0) is 5.92 Å². The van der Waals surface area contributed by atoms with Gasteiger partial charge in [-0.2, -0.15) is 0 Å². The molecule has 0 aromatic carbocycles. The van der Waals surface area contributed by atoms with Crippen LogP contribution in [0.3, 0.4) is 0 Å². The monoisotopic (exact) mass is 202 g/mol. The molecule has 0 spiro atoms. The van der Waals surface area contributed by atoms with Crippen LogP contribution in [0.4, 0.5) is 0 Å². The van der Waals surface area contributed by atoms with Crippen LogP contribution in [0.5, 0.6) is 0 Å². The molecule has 0 amide bonds. The molecule has 2 atom stereocenters. The van der Waals surface area contributed by atoms with Crippen molar-refractivity contribution in [2.45, 2.75) is 26.7 Å². The number of nitrogens with zero attached hydrogens (tertiary/aromatic N) is 1. The van der Waals surface area contributed by atoms with Crippen molar-refractivity contribution in [1.82, 2.24) is 9.97 Å². The molecule has 0 radical (unpaired) electrons. The summed E-state index contributed by atoms with van der Waals surface area (Å²) >= 11 is 0. The molecule has 0 fully saturated rings. The highest BCUT2D eigenvalue weighted by molar-refractivity contribution is 5.27. The smallest absolute Gasteiger partial charge is 0.113 e. The van der Waals surface area contributed by atoms with Crippen molar-refractivity contribution in [3.8, 4) is 0 Å². The number of hydrogen-bond acceptors (Lipinski definition) is 1. The van der Waals surface area contributed by atoms with Crippen LogP contribution in [0.15, 0.2) is 36.7 Å². The molecule has 1 aromatic heterocycles. The molecule has 1 heterocycles. The predicted octanol–water partition coefficient (Wildman–Crippen LogP) is 3.28. The van der Waals surface area contributed by atoms with E-state index in [1.165, 1.54) is 0 Å². The van der Waals surface area contributed by atoms with Crippen LogP contribution in [-0.2, 0) is 0 Å². The molecule has 1 aliphatic rings. The van der Waals surface area contributed by atoms with Crippen LogP contribution < -0.4 is 0 Å². The van der Waals surface area contributed by atoms with Crippen molar-refractivity contribution < 1.29 is 0 Å². The Morgan fingerprint density at radius 1 is 1.40 bits per heavy atom. The second-order valence-corrected chi connectivity index (χ2v) is 4.72. The van der Waals surface area contributed by atoms with E-state index in [-0.39, 0.29) is 5.41 Å². The summed E-state index contributed by atoms with van der Waals surface area (Å²) in [6.45, 7) is 6.82. The fraction of sp³-hybridized carbons (Fsp3) is 0.462. The summed E-state index contributed by atoms with van der Waals surface area (Å²) in [5.41, 5.74) is 0.159. The number of H-pyrrole nitrogens is 1. The Kier molecular flexibility index (Phi) is 2.51. The Balaban J connectivity index is 2.38. The van der Waals surface area contributed by atoms with E-state index in [2.05, 4.69) is 55.0 Å². The molecule has 15 heavy (non-hydrogen) atoms. The fourth-order valence-electron chi connectivity index (χ4n) is 2.13. The van der Waals surface area contributed by atoms with Gasteiger partial charge in [0.1, 0.15) is 5.82 Å². The molecular formula is C13H18N2. The summed E-state index contributed by atoms with van der Waals surface area (Å²) in [5.74, 6) is 2.01. The Morgan fingerprint density at radius 3 is 2.80 bits per heavy atom. The molecular weight excluding hydrogens is 184 g/mol. The number of nitrogens with one attached hydrogen (secondary N) is 1. The molecule has 0 saturated heterocycles. The molecule has 2 unspecified atom stereocenters. The first kappa shape index (κ1) is 10.2. The third-order valence-electron chi connectivity index (χ3n) is 3.60. The Morgan fingerprint density at radius 2 is 2.20 bits per heavy atom. The average Bonchev–Trinajstić information content (AvgIpc) is 2.71. The molecule has 1 N–H and O–H groups in total. The lowest BCUT2D eigenvalue weighted by Gasteiger charge is -2.37. The SMILES string of the molecule is CC(C)C1(C)C=CC=CC1c1ncc[nH]1. The van der Waals surface area contributed by atoms with E-state index in [0.717, 1.165) is 5.82 Å². The second kappa shape index (κ2) is 3.69. The van der Waals surface area contributed by atoms with Gasteiger partial charge in [-0.25, -0.2) is 4.98 Å². The fourth-order valence-corrected chi connectivity index (χ4v) is 2.13. The van der Waals surface area contributed by atoms with Gasteiger partial charge in [0.15, 0.2) is 0 Å². The summed E-state index contributed by atoms with van der Waals surface area (Å²) in [5, 5.41) is 0. The van der Waals surface area contributed by atoms with Crippen molar-refractivity contribution in [1.29, 1.82) is 0 Å². The zero-order valence-electron chi connectivity index (χ0n) is 9.57. The van der Waals surface area contributed by atoms with E-state index in [1.54, 1.807) is 0 Å². The molecule has 0 saturated carbocycles. The molecule has 0 bridgehead atoms. The first-order chi connectivity index (χ1) is 7.14. The van der Waals surface area contributed by atoms with E-state index in [1.807, 2.05) is 12.4 Å². The summed E-state index contributed by atoms with van der Waals surface area (Å²) in [4.78, 5) is 7.60. The van der Waals surface area contributed by atoms with Gasteiger partial charge in [0.2, 0.25) is 0 Å². The lowest BCUT2D eigenvalue weighted by Crippen LogP contribution is -2.30. The maximum absolute atomic E-state index is 4.38. The Hall–Kier alpha value is -1.31. The standard InChI is InChI=1S/C13H18N2/c1-10(2)13(3)7-5-4-6-11(13)12-14-8-9-15-12/h4-11H,1-3H3,(H,14,15). The van der Waals surface area contributed by atoms with Crippen molar-refractivity contribution in [3.63, 3.8) is 0 Å². The van der Waals surface area contributed by atoms with Crippen LogP contribution >= 0.6 is 0 Å². The van der Waals surface area contributed by atoms with Crippen molar-refractivity contribution in [2.24, 2.45) is 11.3 Å². The average molecular weight is 202 g/mol. The second-order valence-electron chi connectivity index (χ2n) is 4.72. The molecule has 2 rings (SSSR count). The van der Waals surface area contributed by atoms with Gasteiger partial charge in [0, 0.05) is 23.7 Å². The molecule has 2 heteroatoms. The number of aromatic nitrogens is 2. The van der Waals surface area contributed by atoms with E-state index in [4.69, 9.17) is 0 Å².